The maximum absolute atomic E-state index is 11.5. The van der Waals surface area contributed by atoms with E-state index in [0.717, 1.165) is 6.26 Å². The highest BCUT2D eigenvalue weighted by molar-refractivity contribution is 7.86. The van der Waals surface area contributed by atoms with Crippen LogP contribution in [0.1, 0.15) is 33.1 Å². The molecule has 0 aromatic heterocycles. The average Bonchev–Trinajstić information content (AvgIpc) is 2.61. The van der Waals surface area contributed by atoms with E-state index < -0.39 is 22.0 Å². The quantitative estimate of drug-likeness (QED) is 0.559. The van der Waals surface area contributed by atoms with Crippen molar-refractivity contribution in [1.82, 2.24) is 0 Å². The van der Waals surface area contributed by atoms with Gasteiger partial charge in [-0.3, -0.25) is 8.98 Å². The molecule has 0 N–H and O–H groups in total. The van der Waals surface area contributed by atoms with E-state index in [0.29, 0.717) is 12.8 Å². The van der Waals surface area contributed by atoms with Crippen LogP contribution in [0.15, 0.2) is 0 Å². The molecule has 0 amide bonds. The number of fused-ring (bicyclic) bond motifs is 1. The molecule has 4 atom stereocenters. The Labute approximate surface area is 125 Å². The summed E-state index contributed by atoms with van der Waals surface area (Å²) < 4.78 is 44.1. The average molecular weight is 322 g/mol. The van der Waals surface area contributed by atoms with Gasteiger partial charge in [0.2, 0.25) is 0 Å². The molecule has 1 saturated carbocycles. The van der Waals surface area contributed by atoms with Gasteiger partial charge in [-0.1, -0.05) is 0 Å². The molecule has 2 rings (SSSR count). The standard InChI is InChI=1S/C13H22O7S/c1-13(2)18-10-7-9(20-21(4,15)16)5-8(12(10)19-13)6-11(14)17-3/h8-10,12H,5-7H2,1-4H3/t8-,9+,10-,12-/m0/s1. The summed E-state index contributed by atoms with van der Waals surface area (Å²) in [7, 11) is -2.23. The molecular formula is C13H22O7S. The van der Waals surface area contributed by atoms with Crippen LogP contribution < -0.4 is 0 Å². The highest BCUT2D eigenvalue weighted by Crippen LogP contribution is 2.42. The summed E-state index contributed by atoms with van der Waals surface area (Å²) in [5.41, 5.74) is 0. The summed E-state index contributed by atoms with van der Waals surface area (Å²) in [5.74, 6) is -1.29. The zero-order valence-electron chi connectivity index (χ0n) is 12.7. The monoisotopic (exact) mass is 322 g/mol. The summed E-state index contributed by atoms with van der Waals surface area (Å²) in [4.78, 5) is 11.5. The first-order valence-electron chi connectivity index (χ1n) is 6.90. The molecule has 2 fully saturated rings. The summed E-state index contributed by atoms with van der Waals surface area (Å²) in [6.45, 7) is 3.60. The van der Waals surface area contributed by atoms with Gasteiger partial charge in [0.15, 0.2) is 5.79 Å². The van der Waals surface area contributed by atoms with Crippen molar-refractivity contribution in [2.75, 3.05) is 13.4 Å². The Morgan fingerprint density at radius 3 is 2.52 bits per heavy atom. The number of hydrogen-bond donors (Lipinski definition) is 0. The fourth-order valence-electron chi connectivity index (χ4n) is 3.09. The predicted molar refractivity (Wildman–Crippen MR) is 72.9 cm³/mol. The summed E-state index contributed by atoms with van der Waals surface area (Å²) in [6.07, 6.45) is 0.981. The second-order valence-corrected chi connectivity index (χ2v) is 7.67. The van der Waals surface area contributed by atoms with Crippen LogP contribution in [0, 0.1) is 5.92 Å². The summed E-state index contributed by atoms with van der Waals surface area (Å²) >= 11 is 0. The molecule has 1 aliphatic carbocycles. The van der Waals surface area contributed by atoms with E-state index in [1.165, 1.54) is 7.11 Å². The van der Waals surface area contributed by atoms with Crippen LogP contribution in [-0.2, 0) is 33.3 Å². The Morgan fingerprint density at radius 2 is 1.95 bits per heavy atom. The lowest BCUT2D eigenvalue weighted by atomic mass is 9.81. The zero-order chi connectivity index (χ0) is 15.8. The number of hydrogen-bond acceptors (Lipinski definition) is 7. The molecule has 0 aromatic rings. The van der Waals surface area contributed by atoms with Crippen LogP contribution in [-0.4, -0.2) is 51.9 Å². The minimum Gasteiger partial charge on any atom is -0.469 e. The molecule has 1 aliphatic heterocycles. The van der Waals surface area contributed by atoms with Crippen molar-refractivity contribution < 1.29 is 31.6 Å². The maximum atomic E-state index is 11.5. The van der Waals surface area contributed by atoms with Gasteiger partial charge in [0.1, 0.15) is 0 Å². The lowest BCUT2D eigenvalue weighted by Crippen LogP contribution is -2.43. The van der Waals surface area contributed by atoms with Crippen LogP contribution in [0.5, 0.6) is 0 Å². The molecule has 7 nitrogen and oxygen atoms in total. The van der Waals surface area contributed by atoms with E-state index in [2.05, 4.69) is 0 Å². The van der Waals surface area contributed by atoms with Crippen LogP contribution in [0.3, 0.4) is 0 Å². The number of carbonyl (C=O) groups excluding carboxylic acids is 1. The van der Waals surface area contributed by atoms with Gasteiger partial charge < -0.3 is 14.2 Å². The molecule has 122 valence electrons. The van der Waals surface area contributed by atoms with Crippen molar-refractivity contribution in [2.45, 2.75) is 57.2 Å². The molecule has 0 spiro atoms. The van der Waals surface area contributed by atoms with Gasteiger partial charge in [0.25, 0.3) is 10.1 Å². The molecule has 8 heteroatoms. The molecular weight excluding hydrogens is 300 g/mol. The summed E-state index contributed by atoms with van der Waals surface area (Å²) in [5, 5.41) is 0. The summed E-state index contributed by atoms with van der Waals surface area (Å²) in [6, 6.07) is 0. The third kappa shape index (κ3) is 4.38. The van der Waals surface area contributed by atoms with Crippen LogP contribution in [0.2, 0.25) is 0 Å². The molecule has 0 unspecified atom stereocenters. The van der Waals surface area contributed by atoms with Gasteiger partial charge in [-0.2, -0.15) is 8.42 Å². The fraction of sp³-hybridized carbons (Fsp3) is 0.923. The van der Waals surface area contributed by atoms with E-state index in [-0.39, 0.29) is 30.5 Å². The Kier molecular flexibility index (Phi) is 4.63. The van der Waals surface area contributed by atoms with Crippen LogP contribution >= 0.6 is 0 Å². The van der Waals surface area contributed by atoms with E-state index in [1.54, 1.807) is 13.8 Å². The molecule has 0 bridgehead atoms. The van der Waals surface area contributed by atoms with Gasteiger partial charge in [-0.05, 0) is 20.3 Å². The van der Waals surface area contributed by atoms with Gasteiger partial charge in [-0.25, -0.2) is 0 Å². The van der Waals surface area contributed by atoms with Gasteiger partial charge in [-0.15, -0.1) is 0 Å². The zero-order valence-corrected chi connectivity index (χ0v) is 13.5. The minimum atomic E-state index is -3.55. The largest absolute Gasteiger partial charge is 0.469 e. The van der Waals surface area contributed by atoms with E-state index in [4.69, 9.17) is 18.4 Å². The molecule has 2 aliphatic rings. The van der Waals surface area contributed by atoms with Crippen molar-refractivity contribution in [3.05, 3.63) is 0 Å². The van der Waals surface area contributed by atoms with Gasteiger partial charge in [0.05, 0.1) is 38.1 Å². The van der Waals surface area contributed by atoms with Crippen molar-refractivity contribution in [3.63, 3.8) is 0 Å². The number of esters is 1. The topological polar surface area (TPSA) is 88.1 Å². The van der Waals surface area contributed by atoms with Gasteiger partial charge >= 0.3 is 5.97 Å². The van der Waals surface area contributed by atoms with Gasteiger partial charge in [0, 0.05) is 12.3 Å². The second kappa shape index (κ2) is 5.83. The highest BCUT2D eigenvalue weighted by Gasteiger charge is 2.50. The van der Waals surface area contributed by atoms with Crippen molar-refractivity contribution >= 4 is 16.1 Å². The third-order valence-electron chi connectivity index (χ3n) is 3.71. The fourth-order valence-corrected chi connectivity index (χ4v) is 3.75. The SMILES string of the molecule is COC(=O)C[C@@H]1C[C@@H](OS(C)(=O)=O)C[C@@H]2OC(C)(C)O[C@@H]12. The number of ether oxygens (including phenoxy) is 3. The Hall–Kier alpha value is -0.700. The number of rotatable bonds is 4. The van der Waals surface area contributed by atoms with Crippen molar-refractivity contribution in [3.8, 4) is 0 Å². The molecule has 0 radical (unpaired) electrons. The number of carbonyl (C=O) groups is 1. The minimum absolute atomic E-state index is 0.154. The lowest BCUT2D eigenvalue weighted by Gasteiger charge is -2.35. The smallest absolute Gasteiger partial charge is 0.305 e. The number of methoxy groups -OCH3 is 1. The molecule has 0 aromatic carbocycles. The first kappa shape index (κ1) is 16.7. The highest BCUT2D eigenvalue weighted by atomic mass is 32.2. The first-order chi connectivity index (χ1) is 9.59. The third-order valence-corrected chi connectivity index (χ3v) is 4.34. The maximum Gasteiger partial charge on any atom is 0.305 e. The lowest BCUT2D eigenvalue weighted by molar-refractivity contribution is -0.153. The second-order valence-electron chi connectivity index (χ2n) is 6.07. The Bertz CT molecular complexity index is 499. The normalized spacial score (nSPS) is 35.2. The van der Waals surface area contributed by atoms with E-state index in [1.807, 2.05) is 0 Å². The molecule has 1 saturated heterocycles. The van der Waals surface area contributed by atoms with Crippen molar-refractivity contribution in [1.29, 1.82) is 0 Å². The Morgan fingerprint density at radius 1 is 1.29 bits per heavy atom. The molecule has 1 heterocycles. The van der Waals surface area contributed by atoms with Crippen LogP contribution in [0.25, 0.3) is 0 Å². The molecule has 21 heavy (non-hydrogen) atoms. The van der Waals surface area contributed by atoms with E-state index in [9.17, 15) is 13.2 Å². The van der Waals surface area contributed by atoms with Crippen LogP contribution in [0.4, 0.5) is 0 Å². The first-order valence-corrected chi connectivity index (χ1v) is 8.72. The van der Waals surface area contributed by atoms with E-state index >= 15 is 0 Å². The van der Waals surface area contributed by atoms with Crippen molar-refractivity contribution in [2.24, 2.45) is 5.92 Å². The Balaban J connectivity index is 2.13. The predicted octanol–water partition coefficient (Wildman–Crippen LogP) is 0.824.